The maximum absolute atomic E-state index is 11.6. The maximum atomic E-state index is 11.6. The Hall–Kier alpha value is -2.09. The summed E-state index contributed by atoms with van der Waals surface area (Å²) in [5.41, 5.74) is 2.67. The van der Waals surface area contributed by atoms with Gasteiger partial charge < -0.3 is 4.74 Å². The van der Waals surface area contributed by atoms with Crippen molar-refractivity contribution in [2.75, 3.05) is 0 Å². The van der Waals surface area contributed by atoms with E-state index in [4.69, 9.17) is 4.74 Å². The Kier molecular flexibility index (Phi) is 2.00. The molecule has 2 nitrogen and oxygen atoms in total. The number of hydrogen-bond acceptors (Lipinski definition) is 2. The second kappa shape index (κ2) is 3.49. The normalized spacial score (nSPS) is 18.0. The van der Waals surface area contributed by atoms with Crippen LogP contribution in [0.5, 0.6) is 0 Å². The van der Waals surface area contributed by atoms with Crippen molar-refractivity contribution in [1.82, 2.24) is 0 Å². The number of hydrogen-bond donors (Lipinski definition) is 0. The smallest absolute Gasteiger partial charge is 0.339 e. The average molecular weight is 210 g/mol. The first-order chi connectivity index (χ1) is 7.84. The van der Waals surface area contributed by atoms with Crippen LogP contribution >= 0.6 is 0 Å². The molecule has 0 N–H and O–H groups in total. The quantitative estimate of drug-likeness (QED) is 0.676. The van der Waals surface area contributed by atoms with Crippen LogP contribution in [0.4, 0.5) is 0 Å². The molecule has 0 fully saturated rings. The van der Waals surface area contributed by atoms with Gasteiger partial charge in [0.25, 0.3) is 0 Å². The summed E-state index contributed by atoms with van der Waals surface area (Å²) in [6.07, 6.45) is -0.262. The molecule has 0 spiro atoms. The molecule has 1 aliphatic rings. The molecule has 2 aromatic rings. The van der Waals surface area contributed by atoms with Crippen molar-refractivity contribution in [3.05, 3.63) is 71.3 Å². The first-order valence-corrected chi connectivity index (χ1v) is 5.20. The van der Waals surface area contributed by atoms with Crippen LogP contribution in [0.1, 0.15) is 27.6 Å². The number of fused-ring (bicyclic) bond motifs is 2. The first-order valence-electron chi connectivity index (χ1n) is 5.20. The second-order valence-corrected chi connectivity index (χ2v) is 3.82. The summed E-state index contributed by atoms with van der Waals surface area (Å²) >= 11 is 0. The molecular formula is C14H10O2. The van der Waals surface area contributed by atoms with Crippen molar-refractivity contribution in [2.24, 2.45) is 0 Å². The molecule has 1 heterocycles. The molecule has 2 bridgehead atoms. The van der Waals surface area contributed by atoms with Gasteiger partial charge in [0.15, 0.2) is 6.10 Å². The van der Waals surface area contributed by atoms with Gasteiger partial charge in [0.2, 0.25) is 0 Å². The minimum atomic E-state index is -0.262. The Balaban J connectivity index is 2.09. The molecule has 1 unspecified atom stereocenters. The summed E-state index contributed by atoms with van der Waals surface area (Å²) < 4.78 is 5.41. The number of cyclic esters (lactones) is 1. The largest absolute Gasteiger partial charge is 0.449 e. The van der Waals surface area contributed by atoms with Crippen molar-refractivity contribution in [1.29, 1.82) is 0 Å². The van der Waals surface area contributed by atoms with E-state index in [9.17, 15) is 4.79 Å². The number of ether oxygens (including phenoxy) is 1. The lowest BCUT2D eigenvalue weighted by atomic mass is 9.97. The summed E-state index contributed by atoms with van der Waals surface area (Å²) in [7, 11) is 0. The highest BCUT2D eigenvalue weighted by atomic mass is 16.5. The van der Waals surface area contributed by atoms with Gasteiger partial charge in [-0.05, 0) is 23.3 Å². The van der Waals surface area contributed by atoms with Crippen LogP contribution in [0.15, 0.2) is 54.6 Å². The Bertz CT molecular complexity index is 531. The molecule has 2 aromatic carbocycles. The van der Waals surface area contributed by atoms with Gasteiger partial charge in [-0.2, -0.15) is 0 Å². The Labute approximate surface area is 93.5 Å². The van der Waals surface area contributed by atoms with E-state index in [2.05, 4.69) is 0 Å². The van der Waals surface area contributed by atoms with Gasteiger partial charge in [0.05, 0.1) is 5.56 Å². The van der Waals surface area contributed by atoms with E-state index < -0.39 is 0 Å². The molecule has 0 radical (unpaired) electrons. The predicted octanol–water partition coefficient (Wildman–Crippen LogP) is 2.95. The van der Waals surface area contributed by atoms with Crippen molar-refractivity contribution in [3.63, 3.8) is 0 Å². The summed E-state index contributed by atoms with van der Waals surface area (Å²) in [5.74, 6) is -0.248. The molecule has 0 amide bonds. The van der Waals surface area contributed by atoms with Crippen LogP contribution in [0.25, 0.3) is 0 Å². The van der Waals surface area contributed by atoms with Crippen LogP contribution in [0.2, 0.25) is 0 Å². The van der Waals surface area contributed by atoms with Crippen LogP contribution in [-0.2, 0) is 4.74 Å². The monoisotopic (exact) mass is 210 g/mol. The molecule has 1 aliphatic heterocycles. The Morgan fingerprint density at radius 1 is 0.875 bits per heavy atom. The molecule has 0 aromatic heterocycles. The van der Waals surface area contributed by atoms with Crippen molar-refractivity contribution >= 4 is 5.97 Å². The van der Waals surface area contributed by atoms with Crippen LogP contribution in [0, 0.1) is 0 Å². The molecule has 0 saturated heterocycles. The molecular weight excluding hydrogens is 200 g/mol. The van der Waals surface area contributed by atoms with E-state index in [0.29, 0.717) is 5.56 Å². The first kappa shape index (κ1) is 9.16. The van der Waals surface area contributed by atoms with E-state index in [-0.39, 0.29) is 12.1 Å². The summed E-state index contributed by atoms with van der Waals surface area (Å²) in [5, 5.41) is 0. The number of benzene rings is 2. The lowest BCUT2D eigenvalue weighted by Crippen LogP contribution is -2.18. The number of rotatable bonds is 1. The van der Waals surface area contributed by atoms with Crippen molar-refractivity contribution in [2.45, 2.75) is 6.10 Å². The molecule has 0 aliphatic carbocycles. The van der Waals surface area contributed by atoms with Gasteiger partial charge in [0.1, 0.15) is 0 Å². The van der Waals surface area contributed by atoms with E-state index in [0.717, 1.165) is 11.1 Å². The fourth-order valence-electron chi connectivity index (χ4n) is 1.96. The fraction of sp³-hybridized carbons (Fsp3) is 0.0714. The summed E-state index contributed by atoms with van der Waals surface area (Å²) in [6, 6.07) is 17.3. The highest BCUT2D eigenvalue weighted by Gasteiger charge is 2.25. The zero-order valence-electron chi connectivity index (χ0n) is 8.59. The highest BCUT2D eigenvalue weighted by molar-refractivity contribution is 5.91. The van der Waals surface area contributed by atoms with Gasteiger partial charge in [-0.25, -0.2) is 4.79 Å². The molecule has 16 heavy (non-hydrogen) atoms. The van der Waals surface area contributed by atoms with Gasteiger partial charge in [-0.15, -0.1) is 0 Å². The molecule has 1 atom stereocenters. The minimum absolute atomic E-state index is 0.248. The lowest BCUT2D eigenvalue weighted by Gasteiger charge is -2.23. The number of esters is 1. The summed E-state index contributed by atoms with van der Waals surface area (Å²) in [4.78, 5) is 11.6. The molecule has 3 rings (SSSR count). The van der Waals surface area contributed by atoms with Crippen LogP contribution < -0.4 is 0 Å². The van der Waals surface area contributed by atoms with E-state index in [1.165, 1.54) is 0 Å². The van der Waals surface area contributed by atoms with Gasteiger partial charge in [-0.3, -0.25) is 0 Å². The second-order valence-electron chi connectivity index (χ2n) is 3.82. The van der Waals surface area contributed by atoms with Gasteiger partial charge >= 0.3 is 5.97 Å². The van der Waals surface area contributed by atoms with Crippen molar-refractivity contribution < 1.29 is 9.53 Å². The minimum Gasteiger partial charge on any atom is -0.449 e. The third kappa shape index (κ3) is 1.39. The SMILES string of the molecule is O=C1OC(c2ccccc2)c2cccc1c2. The topological polar surface area (TPSA) is 26.3 Å². The Morgan fingerprint density at radius 2 is 1.62 bits per heavy atom. The van der Waals surface area contributed by atoms with Gasteiger partial charge in [0, 0.05) is 0 Å². The lowest BCUT2D eigenvalue weighted by molar-refractivity contribution is 0.0355. The maximum Gasteiger partial charge on any atom is 0.339 e. The van der Waals surface area contributed by atoms with Crippen LogP contribution in [-0.4, -0.2) is 5.97 Å². The molecule has 0 saturated carbocycles. The summed E-state index contributed by atoms with van der Waals surface area (Å²) in [6.45, 7) is 0. The third-order valence-electron chi connectivity index (χ3n) is 2.75. The standard InChI is InChI=1S/C14H10O2/c15-14-12-8-4-7-11(9-12)13(16-14)10-5-2-1-3-6-10/h1-9,13H. The highest BCUT2D eigenvalue weighted by Crippen LogP contribution is 2.31. The fourth-order valence-corrected chi connectivity index (χ4v) is 1.96. The van der Waals surface area contributed by atoms with E-state index in [1.54, 1.807) is 6.07 Å². The Morgan fingerprint density at radius 3 is 2.44 bits per heavy atom. The number of carbonyl (C=O) groups is 1. The van der Waals surface area contributed by atoms with Crippen LogP contribution in [0.3, 0.4) is 0 Å². The molecule has 2 heteroatoms. The molecule has 78 valence electrons. The zero-order valence-corrected chi connectivity index (χ0v) is 8.59. The predicted molar refractivity (Wildman–Crippen MR) is 60.1 cm³/mol. The van der Waals surface area contributed by atoms with Crippen molar-refractivity contribution in [3.8, 4) is 0 Å². The van der Waals surface area contributed by atoms with E-state index >= 15 is 0 Å². The third-order valence-corrected chi connectivity index (χ3v) is 2.75. The number of carbonyl (C=O) groups excluding carboxylic acids is 1. The van der Waals surface area contributed by atoms with Gasteiger partial charge in [-0.1, -0.05) is 42.5 Å². The average Bonchev–Trinajstić information content (AvgIpc) is 2.36. The van der Waals surface area contributed by atoms with E-state index in [1.807, 2.05) is 48.5 Å². The zero-order chi connectivity index (χ0) is 11.0.